The molecule has 0 amide bonds. The van der Waals surface area contributed by atoms with Gasteiger partial charge in [0, 0.05) is 6.54 Å². The number of nitrogens with two attached hydrogens (primary N) is 2. The first-order valence-corrected chi connectivity index (χ1v) is 13.7. The van der Waals surface area contributed by atoms with Gasteiger partial charge in [0.15, 0.2) is 0 Å². The van der Waals surface area contributed by atoms with Gasteiger partial charge in [0.1, 0.15) is 0 Å². The van der Waals surface area contributed by atoms with Crippen LogP contribution < -0.4 is 11.5 Å². The molecule has 0 saturated heterocycles. The highest BCUT2D eigenvalue weighted by atomic mass is 16.6. The summed E-state index contributed by atoms with van der Waals surface area (Å²) in [4.78, 5) is 0. The normalized spacial score (nSPS) is 14.4. The van der Waals surface area contributed by atoms with Crippen LogP contribution in [0.15, 0.2) is 0 Å². The van der Waals surface area contributed by atoms with Gasteiger partial charge in [-0.2, -0.15) is 0 Å². The fourth-order valence-electron chi connectivity index (χ4n) is 3.01. The molecule has 10 nitrogen and oxygen atoms in total. The molecule has 0 aromatic carbocycles. The number of rotatable bonds is 23. The molecule has 0 aromatic rings. The van der Waals surface area contributed by atoms with Gasteiger partial charge in [-0.3, -0.25) is 0 Å². The Labute approximate surface area is 232 Å². The molecule has 0 spiro atoms. The fraction of sp³-hybridized carbons (Fsp3) is 1.00. The lowest BCUT2D eigenvalue weighted by Gasteiger charge is -2.42. The minimum atomic E-state index is -0.775. The SMILES string of the molecule is CC(C)(CO)OCC(COC(C)(C)CO)(COC(C)(C)COCCN)COC(C)(C)COC(C)(C)CCN. The van der Waals surface area contributed by atoms with Crippen molar-refractivity contribution in [3.8, 4) is 0 Å². The van der Waals surface area contributed by atoms with E-state index in [1.165, 1.54) is 0 Å². The standard InChI is InChI=1S/C28H60N2O8/c1-23(2,11-12-29)34-18-27(9,10)38-22-28(19-35-24(3,4)15-31,20-36-25(5,6)16-32)21-37-26(7,8)17-33-14-13-30/h31-32H,11-22,29-30H2,1-10H3. The fourth-order valence-corrected chi connectivity index (χ4v) is 3.01. The second-order valence-corrected chi connectivity index (χ2v) is 13.4. The number of hydrogen-bond acceptors (Lipinski definition) is 10. The summed E-state index contributed by atoms with van der Waals surface area (Å²) in [5, 5.41) is 19.6. The maximum absolute atomic E-state index is 9.81. The van der Waals surface area contributed by atoms with E-state index in [-0.39, 0.29) is 45.2 Å². The molecule has 0 fully saturated rings. The Morgan fingerprint density at radius 2 is 0.842 bits per heavy atom. The second-order valence-electron chi connectivity index (χ2n) is 13.4. The zero-order valence-electron chi connectivity index (χ0n) is 26.0. The maximum Gasteiger partial charge on any atom is 0.0859 e. The van der Waals surface area contributed by atoms with E-state index in [1.54, 1.807) is 0 Å². The van der Waals surface area contributed by atoms with E-state index in [4.69, 9.17) is 39.9 Å². The molecule has 0 radical (unpaired) electrons. The smallest absolute Gasteiger partial charge is 0.0859 e. The molecule has 0 bridgehead atoms. The molecule has 38 heavy (non-hydrogen) atoms. The Balaban J connectivity index is 5.92. The van der Waals surface area contributed by atoms with Gasteiger partial charge < -0.3 is 50.1 Å². The average Bonchev–Trinajstić information content (AvgIpc) is 2.82. The minimum Gasteiger partial charge on any atom is -0.393 e. The van der Waals surface area contributed by atoms with Crippen LogP contribution in [0.25, 0.3) is 0 Å². The second kappa shape index (κ2) is 16.1. The first-order valence-electron chi connectivity index (χ1n) is 13.7. The van der Waals surface area contributed by atoms with E-state index in [2.05, 4.69) is 0 Å². The van der Waals surface area contributed by atoms with E-state index >= 15 is 0 Å². The third kappa shape index (κ3) is 16.6. The minimum absolute atomic E-state index is 0.151. The van der Waals surface area contributed by atoms with Crippen molar-refractivity contribution in [3.05, 3.63) is 0 Å². The molecule has 0 unspecified atom stereocenters. The van der Waals surface area contributed by atoms with Crippen molar-refractivity contribution < 1.29 is 38.6 Å². The monoisotopic (exact) mass is 552 g/mol. The molecule has 0 aliphatic rings. The van der Waals surface area contributed by atoms with Crippen LogP contribution in [0.4, 0.5) is 0 Å². The lowest BCUT2D eigenvalue weighted by atomic mass is 9.90. The zero-order chi connectivity index (χ0) is 29.7. The summed E-state index contributed by atoms with van der Waals surface area (Å²) >= 11 is 0. The lowest BCUT2D eigenvalue weighted by molar-refractivity contribution is -0.208. The van der Waals surface area contributed by atoms with Crippen LogP contribution in [0.3, 0.4) is 0 Å². The van der Waals surface area contributed by atoms with E-state index < -0.39 is 27.8 Å². The molecule has 0 atom stereocenters. The molecular formula is C28H60N2O8. The average molecular weight is 553 g/mol. The van der Waals surface area contributed by atoms with Crippen LogP contribution in [0.5, 0.6) is 0 Å². The maximum atomic E-state index is 9.81. The Kier molecular flexibility index (Phi) is 16.0. The summed E-state index contributed by atoms with van der Waals surface area (Å²) in [6, 6.07) is 0. The van der Waals surface area contributed by atoms with E-state index in [1.807, 2.05) is 69.2 Å². The number of ether oxygens (including phenoxy) is 6. The van der Waals surface area contributed by atoms with E-state index in [0.717, 1.165) is 6.42 Å². The van der Waals surface area contributed by atoms with Crippen LogP contribution >= 0.6 is 0 Å². The van der Waals surface area contributed by atoms with Crippen LogP contribution in [-0.4, -0.2) is 111 Å². The lowest BCUT2D eigenvalue weighted by Crippen LogP contribution is -2.50. The molecule has 0 rings (SSSR count). The number of aliphatic hydroxyl groups excluding tert-OH is 2. The van der Waals surface area contributed by atoms with Crippen molar-refractivity contribution in [1.82, 2.24) is 0 Å². The number of hydrogen-bond donors (Lipinski definition) is 4. The van der Waals surface area contributed by atoms with Gasteiger partial charge in [-0.1, -0.05) is 0 Å². The first-order chi connectivity index (χ1) is 17.3. The third-order valence-corrected chi connectivity index (χ3v) is 6.11. The quantitative estimate of drug-likeness (QED) is 0.139. The van der Waals surface area contributed by atoms with Crippen LogP contribution in [0.2, 0.25) is 0 Å². The molecule has 230 valence electrons. The van der Waals surface area contributed by atoms with Crippen molar-refractivity contribution in [2.45, 2.75) is 104 Å². The highest BCUT2D eigenvalue weighted by Gasteiger charge is 2.40. The van der Waals surface area contributed by atoms with Crippen molar-refractivity contribution in [2.75, 3.05) is 72.6 Å². The summed E-state index contributed by atoms with van der Waals surface area (Å²) in [6.45, 7) is 21.8. The van der Waals surface area contributed by atoms with Gasteiger partial charge >= 0.3 is 0 Å². The highest BCUT2D eigenvalue weighted by molar-refractivity contribution is 4.86. The van der Waals surface area contributed by atoms with Gasteiger partial charge in [0.25, 0.3) is 0 Å². The molecule has 6 N–H and O–H groups in total. The molecule has 0 aliphatic carbocycles. The summed E-state index contributed by atoms with van der Waals surface area (Å²) in [5.41, 5.74) is 7.37. The molecule has 0 aliphatic heterocycles. The molecule has 0 saturated carbocycles. The van der Waals surface area contributed by atoms with Gasteiger partial charge in [-0.15, -0.1) is 0 Å². The van der Waals surface area contributed by atoms with Gasteiger partial charge in [-0.05, 0) is 82.2 Å². The summed E-state index contributed by atoms with van der Waals surface area (Å²) < 4.78 is 37.0. The van der Waals surface area contributed by atoms with Crippen LogP contribution in [0, 0.1) is 5.41 Å². The summed E-state index contributed by atoms with van der Waals surface area (Å²) in [7, 11) is 0. The van der Waals surface area contributed by atoms with Crippen molar-refractivity contribution in [3.63, 3.8) is 0 Å². The Bertz CT molecular complexity index is 618. The predicted octanol–water partition coefficient (Wildman–Crippen LogP) is 2.26. The van der Waals surface area contributed by atoms with Crippen molar-refractivity contribution in [2.24, 2.45) is 16.9 Å². The molecule has 0 heterocycles. The van der Waals surface area contributed by atoms with Crippen LogP contribution in [0.1, 0.15) is 75.7 Å². The number of aliphatic hydroxyl groups is 2. The van der Waals surface area contributed by atoms with Gasteiger partial charge in [0.2, 0.25) is 0 Å². The summed E-state index contributed by atoms with van der Waals surface area (Å²) in [6.07, 6.45) is 0.732. The Morgan fingerprint density at radius 1 is 0.474 bits per heavy atom. The Hall–Kier alpha value is -0.400. The Morgan fingerprint density at radius 3 is 1.21 bits per heavy atom. The molecule has 10 heteroatoms. The van der Waals surface area contributed by atoms with Gasteiger partial charge in [-0.25, -0.2) is 0 Å². The van der Waals surface area contributed by atoms with E-state index in [0.29, 0.717) is 32.9 Å². The molecular weight excluding hydrogens is 492 g/mol. The highest BCUT2D eigenvalue weighted by Crippen LogP contribution is 2.30. The zero-order valence-corrected chi connectivity index (χ0v) is 26.0. The largest absolute Gasteiger partial charge is 0.393 e. The van der Waals surface area contributed by atoms with Crippen molar-refractivity contribution >= 4 is 0 Å². The third-order valence-electron chi connectivity index (χ3n) is 6.11. The van der Waals surface area contributed by atoms with Crippen LogP contribution in [-0.2, 0) is 28.4 Å². The van der Waals surface area contributed by atoms with Gasteiger partial charge in [0.05, 0.1) is 92.9 Å². The molecule has 0 aromatic heterocycles. The summed E-state index contributed by atoms with van der Waals surface area (Å²) in [5.74, 6) is 0. The predicted molar refractivity (Wildman–Crippen MR) is 150 cm³/mol. The van der Waals surface area contributed by atoms with E-state index in [9.17, 15) is 10.2 Å². The topological polar surface area (TPSA) is 148 Å². The first kappa shape index (κ1) is 37.6. The van der Waals surface area contributed by atoms with Crippen molar-refractivity contribution in [1.29, 1.82) is 0 Å².